The van der Waals surface area contributed by atoms with Gasteiger partial charge in [0.25, 0.3) is 11.8 Å². The van der Waals surface area contributed by atoms with Crippen LogP contribution in [0.25, 0.3) is 0 Å². The highest BCUT2D eigenvalue weighted by Crippen LogP contribution is 2.59. The first-order chi connectivity index (χ1) is 26.0. The standard InChI is InChI=1S/C41H50F5N5O4/c1-24(52)41(27-14-25-13-26(16-27)17-28(41)15-25)49-35(53)31-19-47-36(48-34(31)37(2,42)43)51-22-39(9-11-54-12-10-39)32-18-30(3-4-33(32)51)55-29-5-7-38(8-6-29)20-50(21-38)23-40(44,45)46/h3-4,18-19,25-29H,5-17,20-23H2,1-2H3,(H,49,53). The number of hydrogen-bond donors (Lipinski definition) is 1. The molecule has 0 atom stereocenters. The minimum absolute atomic E-state index is 0.00305. The maximum atomic E-state index is 15.5. The van der Waals surface area contributed by atoms with Gasteiger partial charge in [-0.25, -0.2) is 9.97 Å². The molecule has 298 valence electrons. The van der Waals surface area contributed by atoms with Crippen molar-refractivity contribution in [1.29, 1.82) is 0 Å². The molecule has 4 heterocycles. The van der Waals surface area contributed by atoms with Gasteiger partial charge < -0.3 is 19.7 Å². The maximum Gasteiger partial charge on any atom is 0.401 e. The Morgan fingerprint density at radius 2 is 1.60 bits per heavy atom. The van der Waals surface area contributed by atoms with Crippen molar-refractivity contribution < 1.29 is 41.0 Å². The van der Waals surface area contributed by atoms with E-state index in [0.29, 0.717) is 63.3 Å². The number of rotatable bonds is 8. The minimum Gasteiger partial charge on any atom is -0.490 e. The number of carbonyl (C=O) groups is 2. The van der Waals surface area contributed by atoms with E-state index in [2.05, 4.69) is 15.3 Å². The van der Waals surface area contributed by atoms with Gasteiger partial charge in [-0.2, -0.15) is 22.0 Å². The molecule has 1 N–H and O–H groups in total. The summed E-state index contributed by atoms with van der Waals surface area (Å²) < 4.78 is 81.9. The first kappa shape index (κ1) is 37.2. The quantitative estimate of drug-likeness (QED) is 0.276. The lowest BCUT2D eigenvalue weighted by atomic mass is 9.47. The predicted molar refractivity (Wildman–Crippen MR) is 193 cm³/mol. The highest BCUT2D eigenvalue weighted by atomic mass is 19.4. The smallest absolute Gasteiger partial charge is 0.401 e. The van der Waals surface area contributed by atoms with Crippen LogP contribution in [0.1, 0.15) is 106 Å². The largest absolute Gasteiger partial charge is 0.490 e. The topological polar surface area (TPSA) is 96.9 Å². The molecule has 2 spiro atoms. The number of carbonyl (C=O) groups excluding carboxylic acids is 2. The van der Waals surface area contributed by atoms with E-state index in [1.165, 1.54) is 18.0 Å². The number of benzene rings is 1. The highest BCUT2D eigenvalue weighted by molar-refractivity contribution is 6.00. The zero-order chi connectivity index (χ0) is 38.5. The fourth-order valence-corrected chi connectivity index (χ4v) is 12.2. The second kappa shape index (κ2) is 13.1. The monoisotopic (exact) mass is 771 g/mol. The van der Waals surface area contributed by atoms with E-state index >= 15 is 8.78 Å². The van der Waals surface area contributed by atoms with Crippen molar-refractivity contribution in [1.82, 2.24) is 20.2 Å². The van der Waals surface area contributed by atoms with Crippen LogP contribution in [-0.4, -0.2) is 83.8 Å². The summed E-state index contributed by atoms with van der Waals surface area (Å²) in [5, 5.41) is 3.03. The molecule has 1 aromatic heterocycles. The van der Waals surface area contributed by atoms with E-state index in [1.807, 2.05) is 23.1 Å². The second-order valence-electron chi connectivity index (χ2n) is 18.2. The third kappa shape index (κ3) is 6.50. The van der Waals surface area contributed by atoms with E-state index in [9.17, 15) is 22.8 Å². The van der Waals surface area contributed by atoms with Crippen molar-refractivity contribution in [3.63, 3.8) is 0 Å². The first-order valence-corrected chi connectivity index (χ1v) is 20.1. The molecule has 8 aliphatic rings. The SMILES string of the molecule is CC(=O)C1(NC(=O)c2cnc(N3CC4(CCOCC4)c4cc(OC5CCC6(CC5)CN(CC(F)(F)F)C6)ccc43)nc2C(C)(F)F)C2CC3CC(C2)CC1C3. The number of nitrogens with zero attached hydrogens (tertiary/aromatic N) is 4. The molecule has 2 aromatic rings. The maximum absolute atomic E-state index is 15.5. The Bertz CT molecular complexity index is 1810. The van der Waals surface area contributed by atoms with Crippen molar-refractivity contribution in [3.05, 3.63) is 41.2 Å². The molecule has 9 nitrogen and oxygen atoms in total. The van der Waals surface area contributed by atoms with Crippen molar-refractivity contribution in [2.24, 2.45) is 29.1 Å². The first-order valence-electron chi connectivity index (χ1n) is 20.1. The average molecular weight is 772 g/mol. The van der Waals surface area contributed by atoms with Gasteiger partial charge in [-0.1, -0.05) is 0 Å². The van der Waals surface area contributed by atoms with Crippen molar-refractivity contribution in [2.75, 3.05) is 44.3 Å². The summed E-state index contributed by atoms with van der Waals surface area (Å²) in [5.41, 5.74) is -0.705. The van der Waals surface area contributed by atoms with Gasteiger partial charge in [0.15, 0.2) is 5.78 Å². The summed E-state index contributed by atoms with van der Waals surface area (Å²) in [6, 6.07) is 5.81. The van der Waals surface area contributed by atoms with E-state index in [0.717, 1.165) is 76.0 Å². The lowest BCUT2D eigenvalue weighted by molar-refractivity contribution is -0.174. The van der Waals surface area contributed by atoms with Gasteiger partial charge in [-0.05, 0) is 130 Å². The number of amides is 1. The van der Waals surface area contributed by atoms with Crippen LogP contribution in [0.3, 0.4) is 0 Å². The van der Waals surface area contributed by atoms with Gasteiger partial charge in [0.05, 0.1) is 18.2 Å². The summed E-state index contributed by atoms with van der Waals surface area (Å²) >= 11 is 0. The molecule has 4 bridgehead atoms. The predicted octanol–water partition coefficient (Wildman–Crippen LogP) is 7.49. The van der Waals surface area contributed by atoms with Crippen LogP contribution in [0.2, 0.25) is 0 Å². The van der Waals surface area contributed by atoms with Crippen molar-refractivity contribution in [3.8, 4) is 5.75 Å². The van der Waals surface area contributed by atoms with Crippen LogP contribution in [0.15, 0.2) is 24.4 Å². The lowest BCUT2D eigenvalue weighted by Crippen LogP contribution is -2.69. The number of likely N-dealkylation sites (tertiary alicyclic amines) is 1. The number of ketones is 1. The van der Waals surface area contributed by atoms with E-state index < -0.39 is 35.8 Å². The van der Waals surface area contributed by atoms with Crippen LogP contribution in [0, 0.1) is 29.1 Å². The number of halogens is 5. The number of nitrogens with one attached hydrogen (secondary N) is 1. The second-order valence-corrected chi connectivity index (χ2v) is 18.2. The Morgan fingerprint density at radius 3 is 2.20 bits per heavy atom. The third-order valence-electron chi connectivity index (χ3n) is 14.6. The van der Waals surface area contributed by atoms with Gasteiger partial charge in [-0.3, -0.25) is 14.5 Å². The Morgan fingerprint density at radius 1 is 0.945 bits per heavy atom. The van der Waals surface area contributed by atoms with Crippen LogP contribution >= 0.6 is 0 Å². The normalized spacial score (nSPS) is 31.1. The van der Waals surface area contributed by atoms with Gasteiger partial charge in [0.1, 0.15) is 17.0 Å². The van der Waals surface area contributed by atoms with Crippen molar-refractivity contribution >= 4 is 23.3 Å². The molecule has 1 aromatic carbocycles. The number of aromatic nitrogens is 2. The summed E-state index contributed by atoms with van der Waals surface area (Å²) in [5.74, 6) is -2.47. The zero-order valence-electron chi connectivity index (χ0n) is 31.5. The van der Waals surface area contributed by atoms with Gasteiger partial charge >= 0.3 is 6.18 Å². The Labute approximate surface area is 318 Å². The molecule has 5 aliphatic carbocycles. The number of Topliss-reactive ketones (excluding diaryl/α,β-unsaturated/α-hetero) is 1. The summed E-state index contributed by atoms with van der Waals surface area (Å²) in [6.07, 6.45) is 6.14. The Kier molecular flexibility index (Phi) is 8.84. The molecular weight excluding hydrogens is 721 g/mol. The fraction of sp³-hybridized carbons (Fsp3) is 0.707. The molecule has 7 fully saturated rings. The van der Waals surface area contributed by atoms with E-state index in [4.69, 9.17) is 9.47 Å². The third-order valence-corrected chi connectivity index (χ3v) is 14.6. The molecule has 0 unspecified atom stereocenters. The van der Waals surface area contributed by atoms with Crippen LogP contribution in [0.5, 0.6) is 5.75 Å². The van der Waals surface area contributed by atoms with Crippen LogP contribution < -0.4 is 15.0 Å². The Balaban J connectivity index is 0.956. The number of alkyl halides is 5. The minimum atomic E-state index is -4.18. The summed E-state index contributed by atoms with van der Waals surface area (Å²) in [6.45, 7) is 3.85. The van der Waals surface area contributed by atoms with Crippen LogP contribution in [-0.2, 0) is 20.9 Å². The molecular formula is C41H50F5N5O4. The number of anilines is 2. The Hall–Kier alpha value is -3.39. The molecule has 5 saturated carbocycles. The zero-order valence-corrected chi connectivity index (χ0v) is 31.5. The number of fused-ring (bicyclic) bond motifs is 2. The van der Waals surface area contributed by atoms with E-state index in [1.54, 1.807) is 0 Å². The number of ether oxygens (including phenoxy) is 2. The summed E-state index contributed by atoms with van der Waals surface area (Å²) in [4.78, 5) is 39.7. The lowest BCUT2D eigenvalue weighted by Gasteiger charge is -2.60. The van der Waals surface area contributed by atoms with Crippen molar-refractivity contribution in [2.45, 2.75) is 114 Å². The fourth-order valence-electron chi connectivity index (χ4n) is 12.2. The number of hydrogen-bond acceptors (Lipinski definition) is 8. The van der Waals surface area contributed by atoms with E-state index in [-0.39, 0.29) is 46.1 Å². The molecule has 14 heteroatoms. The van der Waals surface area contributed by atoms with Gasteiger partial charge in [0, 0.05) is 57.1 Å². The summed E-state index contributed by atoms with van der Waals surface area (Å²) in [7, 11) is 0. The highest BCUT2D eigenvalue weighted by Gasteiger charge is 2.60. The molecule has 10 rings (SSSR count). The molecule has 1 amide bonds. The molecule has 0 radical (unpaired) electrons. The molecule has 55 heavy (non-hydrogen) atoms. The van der Waals surface area contributed by atoms with Gasteiger partial charge in [-0.15, -0.1) is 0 Å². The molecule has 3 aliphatic heterocycles. The van der Waals surface area contributed by atoms with Crippen LogP contribution in [0.4, 0.5) is 33.6 Å². The van der Waals surface area contributed by atoms with Gasteiger partial charge in [0.2, 0.25) is 5.95 Å². The molecule has 2 saturated heterocycles. The average Bonchev–Trinajstić information content (AvgIpc) is 3.41.